The molecule has 0 aromatic heterocycles. The van der Waals surface area contributed by atoms with Crippen LogP contribution in [0.5, 0.6) is 0 Å². The molecule has 2 rings (SSSR count). The van der Waals surface area contributed by atoms with Crippen LogP contribution in [0, 0.1) is 0 Å². The summed E-state index contributed by atoms with van der Waals surface area (Å²) in [6.07, 6.45) is -3.41. The number of rotatable bonds is 9. The van der Waals surface area contributed by atoms with E-state index >= 15 is 0 Å². The van der Waals surface area contributed by atoms with Crippen molar-refractivity contribution in [2.45, 2.75) is 31.4 Å². The number of carbonyl (C=O) groups is 1. The van der Waals surface area contributed by atoms with E-state index in [2.05, 4.69) is 10.6 Å². The van der Waals surface area contributed by atoms with Gasteiger partial charge in [-0.2, -0.15) is 13.2 Å². The summed E-state index contributed by atoms with van der Waals surface area (Å²) in [6, 6.07) is 18.0. The van der Waals surface area contributed by atoms with Crippen LogP contribution in [-0.4, -0.2) is 31.7 Å². The minimum absolute atomic E-state index is 0.401. The van der Waals surface area contributed by atoms with E-state index in [9.17, 15) is 18.0 Å². The van der Waals surface area contributed by atoms with Crippen molar-refractivity contribution in [3.05, 3.63) is 71.8 Å². The molecule has 0 heterocycles. The molecule has 0 spiro atoms. The molecule has 0 saturated heterocycles. The van der Waals surface area contributed by atoms with Crippen molar-refractivity contribution in [3.63, 3.8) is 0 Å². The van der Waals surface area contributed by atoms with Gasteiger partial charge in [0.25, 0.3) is 0 Å². The van der Waals surface area contributed by atoms with Gasteiger partial charge in [-0.25, -0.2) is 0 Å². The number of halogens is 3. The minimum Gasteiger partial charge on any atom is -0.346 e. The molecule has 0 bridgehead atoms. The van der Waals surface area contributed by atoms with Crippen LogP contribution in [0.25, 0.3) is 0 Å². The average Bonchev–Trinajstić information content (AvgIpc) is 2.67. The first-order valence-electron chi connectivity index (χ1n) is 9.07. The molecule has 0 aliphatic carbocycles. The first kappa shape index (κ1) is 21.0. The smallest absolute Gasteiger partial charge is 0.346 e. The number of hydrogen-bond donors (Lipinski definition) is 2. The second-order valence-corrected chi connectivity index (χ2v) is 6.39. The third-order valence-corrected chi connectivity index (χ3v) is 4.53. The van der Waals surface area contributed by atoms with Crippen LogP contribution in [-0.2, 0) is 10.2 Å². The molecule has 27 heavy (non-hydrogen) atoms. The molecular formula is C21H25F3N2O. The molecule has 0 aliphatic rings. The van der Waals surface area contributed by atoms with Gasteiger partial charge in [0.1, 0.15) is 6.54 Å². The number of nitrogens with one attached hydrogen (secondary N) is 2. The van der Waals surface area contributed by atoms with E-state index in [1.54, 1.807) is 48.5 Å². The van der Waals surface area contributed by atoms with E-state index in [1.807, 2.05) is 19.1 Å². The number of alkyl halides is 3. The number of carbonyl (C=O) groups excluding carboxylic acids is 1. The summed E-state index contributed by atoms with van der Waals surface area (Å²) in [5.41, 5.74) is 0.197. The highest BCUT2D eigenvalue weighted by Gasteiger charge is 2.42. The summed E-state index contributed by atoms with van der Waals surface area (Å²) < 4.78 is 38.2. The minimum atomic E-state index is -4.46. The van der Waals surface area contributed by atoms with E-state index in [0.717, 1.165) is 6.54 Å². The first-order valence-corrected chi connectivity index (χ1v) is 9.07. The van der Waals surface area contributed by atoms with E-state index in [0.29, 0.717) is 30.5 Å². The SMILES string of the molecule is CCNCCCC(C(=O)NCC(F)(F)F)(c1ccccc1)c1ccccc1. The maximum atomic E-state index is 13.1. The normalized spacial score (nSPS) is 12.0. The average molecular weight is 378 g/mol. The molecule has 3 nitrogen and oxygen atoms in total. The zero-order valence-corrected chi connectivity index (χ0v) is 15.4. The number of hydrogen-bond acceptors (Lipinski definition) is 2. The van der Waals surface area contributed by atoms with Gasteiger partial charge < -0.3 is 10.6 Å². The molecule has 0 saturated carbocycles. The highest BCUT2D eigenvalue weighted by atomic mass is 19.4. The Labute approximate surface area is 158 Å². The third kappa shape index (κ3) is 5.57. The molecule has 0 aliphatic heterocycles. The van der Waals surface area contributed by atoms with Gasteiger partial charge in [0, 0.05) is 0 Å². The molecule has 146 valence electrons. The highest BCUT2D eigenvalue weighted by Crippen LogP contribution is 2.37. The van der Waals surface area contributed by atoms with Gasteiger partial charge >= 0.3 is 6.18 Å². The Morgan fingerprint density at radius 1 is 0.926 bits per heavy atom. The predicted octanol–water partition coefficient (Wildman–Crippen LogP) is 4.04. The van der Waals surface area contributed by atoms with Crippen molar-refractivity contribution in [1.29, 1.82) is 0 Å². The molecule has 0 radical (unpaired) electrons. The summed E-state index contributed by atoms with van der Waals surface area (Å²) >= 11 is 0. The van der Waals surface area contributed by atoms with E-state index in [4.69, 9.17) is 0 Å². The summed E-state index contributed by atoms with van der Waals surface area (Å²) in [6.45, 7) is 2.12. The van der Waals surface area contributed by atoms with Crippen molar-refractivity contribution in [2.75, 3.05) is 19.6 Å². The Hall–Kier alpha value is -2.34. The van der Waals surface area contributed by atoms with E-state index in [-0.39, 0.29) is 0 Å². The van der Waals surface area contributed by atoms with Crippen LogP contribution < -0.4 is 10.6 Å². The molecule has 2 aromatic rings. The van der Waals surface area contributed by atoms with Crippen LogP contribution >= 0.6 is 0 Å². The second kappa shape index (κ2) is 9.55. The van der Waals surface area contributed by atoms with Crippen LogP contribution in [0.3, 0.4) is 0 Å². The summed E-state index contributed by atoms with van der Waals surface area (Å²) in [4.78, 5) is 13.1. The molecule has 2 N–H and O–H groups in total. The standard InChI is InChI=1S/C21H25F3N2O/c1-2-25-15-9-14-20(17-10-5-3-6-11-17,18-12-7-4-8-13-18)19(27)26-16-21(22,23)24/h3-8,10-13,25H,2,9,14-16H2,1H3,(H,26,27). The lowest BCUT2D eigenvalue weighted by molar-refractivity contribution is -0.141. The van der Waals surface area contributed by atoms with Gasteiger partial charge in [-0.3, -0.25) is 4.79 Å². The highest BCUT2D eigenvalue weighted by molar-refractivity contribution is 5.92. The van der Waals surface area contributed by atoms with Gasteiger partial charge in [-0.05, 0) is 37.1 Å². The lowest BCUT2D eigenvalue weighted by Gasteiger charge is -2.34. The molecule has 0 unspecified atom stereocenters. The van der Waals surface area contributed by atoms with Crippen LogP contribution in [0.2, 0.25) is 0 Å². The predicted molar refractivity (Wildman–Crippen MR) is 101 cm³/mol. The Bertz CT molecular complexity index is 663. The summed E-state index contributed by atoms with van der Waals surface area (Å²) in [5, 5.41) is 5.32. The fourth-order valence-corrected chi connectivity index (χ4v) is 3.26. The Morgan fingerprint density at radius 3 is 1.89 bits per heavy atom. The monoisotopic (exact) mass is 378 g/mol. The molecule has 6 heteroatoms. The Kier molecular flexibility index (Phi) is 7.42. The lowest BCUT2D eigenvalue weighted by atomic mass is 9.70. The number of benzene rings is 2. The topological polar surface area (TPSA) is 41.1 Å². The van der Waals surface area contributed by atoms with E-state index < -0.39 is 24.0 Å². The maximum Gasteiger partial charge on any atom is 0.405 e. The van der Waals surface area contributed by atoms with Crippen molar-refractivity contribution in [2.24, 2.45) is 0 Å². The zero-order valence-electron chi connectivity index (χ0n) is 15.4. The first-order chi connectivity index (χ1) is 12.9. The quantitative estimate of drug-likeness (QED) is 0.647. The van der Waals surface area contributed by atoms with Crippen LogP contribution in [0.15, 0.2) is 60.7 Å². The Balaban J connectivity index is 2.46. The van der Waals surface area contributed by atoms with Crippen molar-refractivity contribution >= 4 is 5.91 Å². The van der Waals surface area contributed by atoms with Crippen LogP contribution in [0.4, 0.5) is 13.2 Å². The van der Waals surface area contributed by atoms with Gasteiger partial charge in [0.2, 0.25) is 5.91 Å². The fraction of sp³-hybridized carbons (Fsp3) is 0.381. The van der Waals surface area contributed by atoms with Gasteiger partial charge in [-0.1, -0.05) is 67.6 Å². The molecule has 2 aromatic carbocycles. The van der Waals surface area contributed by atoms with Crippen molar-refractivity contribution in [3.8, 4) is 0 Å². The van der Waals surface area contributed by atoms with Gasteiger partial charge in [0.05, 0.1) is 5.41 Å². The number of amides is 1. The van der Waals surface area contributed by atoms with Crippen molar-refractivity contribution < 1.29 is 18.0 Å². The largest absolute Gasteiger partial charge is 0.405 e. The molecule has 1 amide bonds. The molecular weight excluding hydrogens is 353 g/mol. The van der Waals surface area contributed by atoms with Gasteiger partial charge in [0.15, 0.2) is 0 Å². The third-order valence-electron chi connectivity index (χ3n) is 4.53. The zero-order chi connectivity index (χ0) is 19.8. The van der Waals surface area contributed by atoms with Gasteiger partial charge in [-0.15, -0.1) is 0 Å². The summed E-state index contributed by atoms with van der Waals surface area (Å²) in [7, 11) is 0. The van der Waals surface area contributed by atoms with Crippen LogP contribution in [0.1, 0.15) is 30.9 Å². The molecule has 0 fully saturated rings. The van der Waals surface area contributed by atoms with Crippen molar-refractivity contribution in [1.82, 2.24) is 10.6 Å². The fourth-order valence-electron chi connectivity index (χ4n) is 3.26. The lowest BCUT2D eigenvalue weighted by Crippen LogP contribution is -2.48. The summed E-state index contributed by atoms with van der Waals surface area (Å²) in [5.74, 6) is -0.631. The van der Waals surface area contributed by atoms with E-state index in [1.165, 1.54) is 0 Å². The molecule has 0 atom stereocenters. The maximum absolute atomic E-state index is 13.1. The second-order valence-electron chi connectivity index (χ2n) is 6.39. The Morgan fingerprint density at radius 2 is 1.44 bits per heavy atom.